The fraction of sp³-hybridized carbons (Fsp3) is 0.538. The highest BCUT2D eigenvalue weighted by molar-refractivity contribution is 9.10. The van der Waals surface area contributed by atoms with Gasteiger partial charge in [-0.1, -0.05) is 22.0 Å². The zero-order chi connectivity index (χ0) is 11.1. The molecule has 0 aliphatic heterocycles. The normalized spacial score (nSPS) is 28.1. The number of benzene rings is 1. The van der Waals surface area contributed by atoms with Gasteiger partial charge in [0, 0.05) is 10.5 Å². The van der Waals surface area contributed by atoms with Crippen molar-refractivity contribution in [2.75, 3.05) is 6.54 Å². The average Bonchev–Trinajstić information content (AvgIpc) is 3.11. The Labute approximate surface area is 104 Å². The Kier molecular flexibility index (Phi) is 2.76. The second-order valence-electron chi connectivity index (χ2n) is 4.95. The summed E-state index contributed by atoms with van der Waals surface area (Å²) in [6.07, 6.45) is 3.93. The van der Waals surface area contributed by atoms with Gasteiger partial charge in [-0.3, -0.25) is 0 Å². The van der Waals surface area contributed by atoms with E-state index in [4.69, 9.17) is 0 Å². The molecule has 0 radical (unpaired) electrons. The van der Waals surface area contributed by atoms with E-state index in [2.05, 4.69) is 21.2 Å². The van der Waals surface area contributed by atoms with Crippen molar-refractivity contribution in [2.24, 2.45) is 5.92 Å². The molecule has 2 aliphatic carbocycles. The van der Waals surface area contributed by atoms with E-state index in [1.54, 1.807) is 12.1 Å². The van der Waals surface area contributed by atoms with Gasteiger partial charge in [-0.2, -0.15) is 0 Å². The third-order valence-electron chi connectivity index (χ3n) is 3.53. The minimum absolute atomic E-state index is 0.163. The summed E-state index contributed by atoms with van der Waals surface area (Å²) in [5.74, 6) is 1.22. The van der Waals surface area contributed by atoms with Gasteiger partial charge in [0.25, 0.3) is 0 Å². The highest BCUT2D eigenvalue weighted by Crippen LogP contribution is 2.49. The second-order valence-corrected chi connectivity index (χ2v) is 5.80. The topological polar surface area (TPSA) is 12.0 Å². The molecule has 3 rings (SSSR count). The summed E-state index contributed by atoms with van der Waals surface area (Å²) in [6, 6.07) is 5.84. The van der Waals surface area contributed by atoms with Crippen LogP contribution in [-0.4, -0.2) is 12.6 Å². The number of nitrogens with one attached hydrogen (secondary N) is 1. The highest BCUT2D eigenvalue weighted by atomic mass is 79.9. The van der Waals surface area contributed by atoms with Crippen molar-refractivity contribution in [3.63, 3.8) is 0 Å². The van der Waals surface area contributed by atoms with E-state index in [0.29, 0.717) is 5.92 Å². The van der Waals surface area contributed by atoms with Gasteiger partial charge in [0.15, 0.2) is 0 Å². The largest absolute Gasteiger partial charge is 0.314 e. The lowest BCUT2D eigenvalue weighted by Crippen LogP contribution is -2.19. The molecule has 0 saturated heterocycles. The van der Waals surface area contributed by atoms with Gasteiger partial charge in [-0.05, 0) is 55.3 Å². The first kappa shape index (κ1) is 10.7. The van der Waals surface area contributed by atoms with Crippen LogP contribution in [0, 0.1) is 11.7 Å². The Balaban J connectivity index is 1.61. The molecule has 1 N–H and O–H groups in total. The molecule has 0 amide bonds. The standard InChI is InChI=1S/C13H15BrFN/c14-13-6-9(15)1-4-11(13)12-5-8(12)7-16-10-2-3-10/h1,4,6,8,10,12,16H,2-3,5,7H2. The van der Waals surface area contributed by atoms with Crippen LogP contribution in [0.2, 0.25) is 0 Å². The lowest BCUT2D eigenvalue weighted by molar-refractivity contribution is 0.618. The van der Waals surface area contributed by atoms with Crippen molar-refractivity contribution in [1.29, 1.82) is 0 Å². The zero-order valence-electron chi connectivity index (χ0n) is 9.05. The maximum absolute atomic E-state index is 12.9. The Morgan fingerprint density at radius 3 is 2.88 bits per heavy atom. The van der Waals surface area contributed by atoms with E-state index in [1.165, 1.54) is 24.8 Å². The van der Waals surface area contributed by atoms with Crippen LogP contribution in [0.4, 0.5) is 4.39 Å². The third kappa shape index (κ3) is 2.30. The zero-order valence-corrected chi connectivity index (χ0v) is 10.6. The molecule has 0 aromatic heterocycles. The summed E-state index contributed by atoms with van der Waals surface area (Å²) in [6.45, 7) is 1.12. The minimum atomic E-state index is -0.163. The number of hydrogen-bond donors (Lipinski definition) is 1. The van der Waals surface area contributed by atoms with Crippen LogP contribution in [0.3, 0.4) is 0 Å². The number of hydrogen-bond acceptors (Lipinski definition) is 1. The molecule has 1 aromatic carbocycles. The summed E-state index contributed by atoms with van der Waals surface area (Å²) < 4.78 is 13.9. The van der Waals surface area contributed by atoms with Gasteiger partial charge in [0.05, 0.1) is 0 Å². The van der Waals surface area contributed by atoms with Gasteiger partial charge in [-0.15, -0.1) is 0 Å². The Morgan fingerprint density at radius 2 is 2.19 bits per heavy atom. The highest BCUT2D eigenvalue weighted by Gasteiger charge is 2.39. The maximum atomic E-state index is 12.9. The van der Waals surface area contributed by atoms with Crippen LogP contribution in [-0.2, 0) is 0 Å². The van der Waals surface area contributed by atoms with Crippen LogP contribution in [0.15, 0.2) is 22.7 Å². The van der Waals surface area contributed by atoms with Gasteiger partial charge >= 0.3 is 0 Å². The van der Waals surface area contributed by atoms with Crippen LogP contribution in [0.5, 0.6) is 0 Å². The van der Waals surface area contributed by atoms with E-state index in [-0.39, 0.29) is 5.82 Å². The third-order valence-corrected chi connectivity index (χ3v) is 4.22. The van der Waals surface area contributed by atoms with E-state index < -0.39 is 0 Å². The maximum Gasteiger partial charge on any atom is 0.124 e. The molecule has 0 spiro atoms. The molecule has 2 aliphatic rings. The van der Waals surface area contributed by atoms with Crippen LogP contribution < -0.4 is 5.32 Å². The van der Waals surface area contributed by atoms with E-state index in [9.17, 15) is 4.39 Å². The van der Waals surface area contributed by atoms with E-state index >= 15 is 0 Å². The van der Waals surface area contributed by atoms with Crippen molar-refractivity contribution in [1.82, 2.24) is 5.32 Å². The SMILES string of the molecule is Fc1ccc(C2CC2CNC2CC2)c(Br)c1. The molecule has 2 saturated carbocycles. The lowest BCUT2D eigenvalue weighted by atomic mass is 10.1. The molecule has 86 valence electrons. The first-order valence-electron chi connectivity index (χ1n) is 5.92. The molecule has 0 bridgehead atoms. The monoisotopic (exact) mass is 283 g/mol. The predicted molar refractivity (Wildman–Crippen MR) is 66.0 cm³/mol. The van der Waals surface area contributed by atoms with Gasteiger partial charge in [0.2, 0.25) is 0 Å². The summed E-state index contributed by atoms with van der Waals surface area (Å²) in [4.78, 5) is 0. The molecule has 1 nitrogen and oxygen atoms in total. The fourth-order valence-electron chi connectivity index (χ4n) is 2.26. The quantitative estimate of drug-likeness (QED) is 0.893. The molecular formula is C13H15BrFN. The van der Waals surface area contributed by atoms with E-state index in [0.717, 1.165) is 23.0 Å². The summed E-state index contributed by atoms with van der Waals surface area (Å²) in [5.41, 5.74) is 1.27. The average molecular weight is 284 g/mol. The molecule has 2 fully saturated rings. The minimum Gasteiger partial charge on any atom is -0.314 e. The molecule has 2 unspecified atom stereocenters. The lowest BCUT2D eigenvalue weighted by Gasteiger charge is -2.05. The summed E-state index contributed by atoms with van der Waals surface area (Å²) in [5, 5.41) is 3.56. The molecule has 2 atom stereocenters. The second kappa shape index (κ2) is 4.11. The molecule has 0 heterocycles. The van der Waals surface area contributed by atoms with Crippen molar-refractivity contribution in [2.45, 2.75) is 31.2 Å². The van der Waals surface area contributed by atoms with Gasteiger partial charge in [-0.25, -0.2) is 4.39 Å². The Morgan fingerprint density at radius 1 is 1.38 bits per heavy atom. The Bertz CT molecular complexity index is 403. The van der Waals surface area contributed by atoms with Crippen LogP contribution in [0.1, 0.15) is 30.7 Å². The van der Waals surface area contributed by atoms with Gasteiger partial charge < -0.3 is 5.32 Å². The van der Waals surface area contributed by atoms with Crippen LogP contribution >= 0.6 is 15.9 Å². The smallest absolute Gasteiger partial charge is 0.124 e. The van der Waals surface area contributed by atoms with E-state index in [1.807, 2.05) is 6.07 Å². The van der Waals surface area contributed by atoms with Crippen molar-refractivity contribution in [3.8, 4) is 0 Å². The Hall–Kier alpha value is -0.410. The number of halogens is 2. The fourth-order valence-corrected chi connectivity index (χ4v) is 2.91. The first-order chi connectivity index (χ1) is 7.74. The van der Waals surface area contributed by atoms with Gasteiger partial charge in [0.1, 0.15) is 5.82 Å². The van der Waals surface area contributed by atoms with Crippen molar-refractivity contribution in [3.05, 3.63) is 34.1 Å². The first-order valence-corrected chi connectivity index (χ1v) is 6.71. The molecule has 1 aromatic rings. The number of rotatable bonds is 4. The molecule has 16 heavy (non-hydrogen) atoms. The van der Waals surface area contributed by atoms with Crippen molar-refractivity contribution < 1.29 is 4.39 Å². The van der Waals surface area contributed by atoms with Crippen LogP contribution in [0.25, 0.3) is 0 Å². The predicted octanol–water partition coefficient (Wildman–Crippen LogP) is 3.44. The molecular weight excluding hydrogens is 269 g/mol. The summed E-state index contributed by atoms with van der Waals surface area (Å²) >= 11 is 3.45. The summed E-state index contributed by atoms with van der Waals surface area (Å²) in [7, 11) is 0. The molecule has 3 heteroatoms. The van der Waals surface area contributed by atoms with Crippen molar-refractivity contribution >= 4 is 15.9 Å².